The van der Waals surface area contributed by atoms with E-state index in [4.69, 9.17) is 4.74 Å². The zero-order valence-electron chi connectivity index (χ0n) is 13.2. The molecule has 7 heteroatoms. The van der Waals surface area contributed by atoms with Crippen LogP contribution in [0.3, 0.4) is 0 Å². The first kappa shape index (κ1) is 15.0. The van der Waals surface area contributed by atoms with Crippen molar-refractivity contribution in [2.75, 3.05) is 18.1 Å². The lowest BCUT2D eigenvalue weighted by molar-refractivity contribution is 0.000627. The Morgan fingerprint density at radius 2 is 2.12 bits per heavy atom. The second-order valence-electron chi connectivity index (χ2n) is 6.07. The van der Waals surface area contributed by atoms with Gasteiger partial charge < -0.3 is 15.0 Å². The van der Waals surface area contributed by atoms with Crippen LogP contribution in [0, 0.1) is 0 Å². The van der Waals surface area contributed by atoms with Gasteiger partial charge in [-0.1, -0.05) is 0 Å². The second-order valence-corrected chi connectivity index (χ2v) is 6.07. The molecule has 4 heterocycles. The van der Waals surface area contributed by atoms with Crippen LogP contribution in [-0.4, -0.2) is 52.2 Å². The Morgan fingerprint density at radius 1 is 1.25 bits per heavy atom. The molecular formula is C17H19N5O2. The minimum atomic E-state index is -0.128. The number of hydrogen-bond donors (Lipinski definition) is 1. The van der Waals surface area contributed by atoms with Crippen LogP contribution in [0.4, 0.5) is 5.95 Å². The Balaban J connectivity index is 1.54. The van der Waals surface area contributed by atoms with Crippen LogP contribution < -0.4 is 10.2 Å². The number of fused-ring (bicyclic) bond motifs is 1. The van der Waals surface area contributed by atoms with Gasteiger partial charge in [-0.25, -0.2) is 9.97 Å². The smallest absolute Gasteiger partial charge is 0.253 e. The Morgan fingerprint density at radius 3 is 2.92 bits per heavy atom. The molecule has 0 saturated carbocycles. The van der Waals surface area contributed by atoms with Gasteiger partial charge in [0.05, 0.1) is 23.8 Å². The van der Waals surface area contributed by atoms with Crippen LogP contribution in [0.25, 0.3) is 0 Å². The fraction of sp³-hybridized carbons (Fsp3) is 0.412. The van der Waals surface area contributed by atoms with Crippen LogP contribution in [0.1, 0.15) is 23.2 Å². The number of carbonyl (C=O) groups excluding carboxylic acids is 1. The molecule has 0 aromatic carbocycles. The van der Waals surface area contributed by atoms with Gasteiger partial charge in [-0.2, -0.15) is 0 Å². The van der Waals surface area contributed by atoms with Crippen LogP contribution in [0.2, 0.25) is 0 Å². The lowest BCUT2D eigenvalue weighted by Gasteiger charge is -2.32. The molecule has 0 unspecified atom stereocenters. The summed E-state index contributed by atoms with van der Waals surface area (Å²) in [5.74, 6) is 0.563. The number of ether oxygens (including phenoxy) is 1. The van der Waals surface area contributed by atoms with Crippen LogP contribution in [-0.2, 0) is 4.74 Å². The summed E-state index contributed by atoms with van der Waals surface area (Å²) in [6.45, 7) is 1.37. The summed E-state index contributed by atoms with van der Waals surface area (Å²) in [5, 5.41) is 3.09. The first-order chi connectivity index (χ1) is 11.8. The molecule has 124 valence electrons. The highest BCUT2D eigenvalue weighted by molar-refractivity contribution is 5.94. The number of pyridine rings is 1. The molecule has 4 rings (SSSR count). The van der Waals surface area contributed by atoms with E-state index in [1.165, 1.54) is 0 Å². The molecule has 2 aromatic heterocycles. The molecule has 0 radical (unpaired) electrons. The van der Waals surface area contributed by atoms with Crippen molar-refractivity contribution in [1.29, 1.82) is 0 Å². The highest BCUT2D eigenvalue weighted by Gasteiger charge is 2.45. The van der Waals surface area contributed by atoms with Gasteiger partial charge in [0.25, 0.3) is 5.91 Å². The summed E-state index contributed by atoms with van der Waals surface area (Å²) in [4.78, 5) is 27.3. The van der Waals surface area contributed by atoms with E-state index in [1.54, 1.807) is 43.0 Å². The quantitative estimate of drug-likeness (QED) is 0.908. The molecule has 7 nitrogen and oxygen atoms in total. The topological polar surface area (TPSA) is 80.2 Å². The van der Waals surface area contributed by atoms with Gasteiger partial charge in [0.15, 0.2) is 0 Å². The first-order valence-corrected chi connectivity index (χ1v) is 8.19. The Labute approximate surface area is 140 Å². The third kappa shape index (κ3) is 2.82. The number of hydrogen-bond acceptors (Lipinski definition) is 6. The average Bonchev–Trinajstić information content (AvgIpc) is 3.02. The first-order valence-electron chi connectivity index (χ1n) is 8.19. The van der Waals surface area contributed by atoms with E-state index >= 15 is 0 Å². The van der Waals surface area contributed by atoms with E-state index in [0.29, 0.717) is 18.1 Å². The summed E-state index contributed by atoms with van der Waals surface area (Å²) in [6.07, 6.45) is 8.69. The van der Waals surface area contributed by atoms with Gasteiger partial charge in [-0.05, 0) is 31.0 Å². The van der Waals surface area contributed by atoms with Crippen molar-refractivity contribution in [3.8, 4) is 0 Å². The zero-order chi connectivity index (χ0) is 16.4. The fourth-order valence-corrected chi connectivity index (χ4v) is 3.50. The highest BCUT2D eigenvalue weighted by Crippen LogP contribution is 2.31. The number of rotatable bonds is 3. The van der Waals surface area contributed by atoms with Crippen molar-refractivity contribution < 1.29 is 9.53 Å². The maximum atomic E-state index is 12.5. The molecule has 1 amide bonds. The normalized spacial score (nSPS) is 26.0. The van der Waals surface area contributed by atoms with Crippen LogP contribution in [0.15, 0.2) is 43.0 Å². The average molecular weight is 325 g/mol. The number of carbonyl (C=O) groups is 1. The van der Waals surface area contributed by atoms with Crippen molar-refractivity contribution in [1.82, 2.24) is 20.3 Å². The van der Waals surface area contributed by atoms with E-state index in [9.17, 15) is 4.79 Å². The van der Waals surface area contributed by atoms with E-state index in [1.807, 2.05) is 0 Å². The molecule has 24 heavy (non-hydrogen) atoms. The summed E-state index contributed by atoms with van der Waals surface area (Å²) < 4.78 is 5.98. The molecule has 2 aliphatic rings. The zero-order valence-corrected chi connectivity index (χ0v) is 13.2. The molecule has 2 aromatic rings. The highest BCUT2D eigenvalue weighted by atomic mass is 16.5. The molecule has 0 spiro atoms. The van der Waals surface area contributed by atoms with Crippen LogP contribution in [0.5, 0.6) is 0 Å². The predicted octanol–water partition coefficient (Wildman–Crippen LogP) is 1.04. The van der Waals surface area contributed by atoms with Crippen molar-refractivity contribution in [2.45, 2.75) is 31.0 Å². The van der Waals surface area contributed by atoms with E-state index in [2.05, 4.69) is 25.2 Å². The molecule has 3 atom stereocenters. The van der Waals surface area contributed by atoms with Gasteiger partial charge in [-0.3, -0.25) is 9.78 Å². The number of nitrogens with zero attached hydrogens (tertiary/aromatic N) is 4. The Hall–Kier alpha value is -2.54. The summed E-state index contributed by atoms with van der Waals surface area (Å²) >= 11 is 0. The largest absolute Gasteiger partial charge is 0.374 e. The molecule has 2 aliphatic heterocycles. The molecule has 0 aliphatic carbocycles. The van der Waals surface area contributed by atoms with Crippen molar-refractivity contribution in [3.63, 3.8) is 0 Å². The fourth-order valence-electron chi connectivity index (χ4n) is 3.50. The predicted molar refractivity (Wildman–Crippen MR) is 87.6 cm³/mol. The Kier molecular flexibility index (Phi) is 4.08. The van der Waals surface area contributed by atoms with E-state index in [-0.39, 0.29) is 24.1 Å². The molecule has 2 saturated heterocycles. The number of amides is 1. The second kappa shape index (κ2) is 6.52. The van der Waals surface area contributed by atoms with E-state index < -0.39 is 0 Å². The summed E-state index contributed by atoms with van der Waals surface area (Å²) in [6, 6.07) is 5.42. The third-order valence-electron chi connectivity index (χ3n) is 4.57. The standard InChI is InChI=1S/C17H19N5O2/c23-16(12-4-1-6-18-10-12)21-13-11-22(17-19-7-3-8-20-17)14-5-2-9-24-15(13)14/h1,3-4,6-8,10,13-15H,2,5,9,11H2,(H,21,23)/t13-,14+,15+/m1/s1. The molecule has 0 bridgehead atoms. The summed E-state index contributed by atoms with van der Waals surface area (Å²) in [5.41, 5.74) is 0.555. The maximum Gasteiger partial charge on any atom is 0.253 e. The SMILES string of the molecule is O=C(N[C@@H]1CN(c2ncccn2)[C@H]2CCCO[C@@H]12)c1cccnc1. The van der Waals surface area contributed by atoms with Crippen molar-refractivity contribution in [2.24, 2.45) is 0 Å². The number of anilines is 1. The molecule has 1 N–H and O–H groups in total. The van der Waals surface area contributed by atoms with Gasteiger partial charge in [-0.15, -0.1) is 0 Å². The van der Waals surface area contributed by atoms with Crippen molar-refractivity contribution in [3.05, 3.63) is 48.5 Å². The van der Waals surface area contributed by atoms with Gasteiger partial charge in [0, 0.05) is 37.9 Å². The van der Waals surface area contributed by atoms with Crippen molar-refractivity contribution >= 4 is 11.9 Å². The maximum absolute atomic E-state index is 12.5. The monoisotopic (exact) mass is 325 g/mol. The van der Waals surface area contributed by atoms with E-state index in [0.717, 1.165) is 19.4 Å². The summed E-state index contributed by atoms with van der Waals surface area (Å²) in [7, 11) is 0. The lowest BCUT2D eigenvalue weighted by Crippen LogP contribution is -2.47. The molecular weight excluding hydrogens is 306 g/mol. The van der Waals surface area contributed by atoms with Crippen LogP contribution >= 0.6 is 0 Å². The van der Waals surface area contributed by atoms with Gasteiger partial charge in [0.1, 0.15) is 0 Å². The number of nitrogens with one attached hydrogen (secondary N) is 1. The minimum Gasteiger partial charge on any atom is -0.374 e. The van der Waals surface area contributed by atoms with Gasteiger partial charge >= 0.3 is 0 Å². The minimum absolute atomic E-state index is 0.0387. The lowest BCUT2D eigenvalue weighted by atomic mass is 10.0. The van der Waals surface area contributed by atoms with Gasteiger partial charge in [0.2, 0.25) is 5.95 Å². The third-order valence-corrected chi connectivity index (χ3v) is 4.57. The number of aromatic nitrogens is 3. The Bertz CT molecular complexity index is 697. The molecule has 2 fully saturated rings.